The van der Waals surface area contributed by atoms with Gasteiger partial charge in [0.15, 0.2) is 0 Å². The van der Waals surface area contributed by atoms with Crippen molar-refractivity contribution >= 4 is 21.7 Å². The number of carbonyl (C=O) groups excluding carboxylic acids is 1. The van der Waals surface area contributed by atoms with E-state index in [0.29, 0.717) is 5.82 Å². The lowest BCUT2D eigenvalue weighted by Crippen LogP contribution is -2.32. The van der Waals surface area contributed by atoms with Gasteiger partial charge < -0.3 is 5.32 Å². The third-order valence-electron chi connectivity index (χ3n) is 1.27. The van der Waals surface area contributed by atoms with E-state index in [9.17, 15) is 13.2 Å². The van der Waals surface area contributed by atoms with Crippen molar-refractivity contribution in [1.29, 1.82) is 0 Å². The number of hydrogen-bond donors (Lipinski definition) is 3. The van der Waals surface area contributed by atoms with Gasteiger partial charge in [-0.15, -0.1) is 0 Å². The van der Waals surface area contributed by atoms with E-state index in [1.807, 2.05) is 0 Å². The predicted molar refractivity (Wildman–Crippen MR) is 50.1 cm³/mol. The van der Waals surface area contributed by atoms with Crippen molar-refractivity contribution < 1.29 is 13.2 Å². The summed E-state index contributed by atoms with van der Waals surface area (Å²) in [6.45, 7) is -0.294. The average Bonchev–Trinajstić information content (AvgIpc) is 2.52. The zero-order valence-electron chi connectivity index (χ0n) is 7.44. The molecule has 7 nitrogen and oxygen atoms in total. The van der Waals surface area contributed by atoms with Crippen LogP contribution >= 0.6 is 0 Å². The highest BCUT2D eigenvalue weighted by Gasteiger charge is 2.06. The number of nitrogens with zero attached hydrogens (tertiary/aromatic N) is 1. The van der Waals surface area contributed by atoms with Gasteiger partial charge >= 0.3 is 0 Å². The van der Waals surface area contributed by atoms with Crippen LogP contribution in [0, 0.1) is 0 Å². The molecule has 1 aromatic rings. The number of rotatable bonds is 4. The van der Waals surface area contributed by atoms with Crippen molar-refractivity contribution in [2.24, 2.45) is 0 Å². The lowest BCUT2D eigenvalue weighted by Gasteiger charge is -2.02. The van der Waals surface area contributed by atoms with Crippen LogP contribution in [0.4, 0.5) is 5.82 Å². The molecule has 1 amide bonds. The molecular formula is C6H10N4O3S. The molecule has 0 aliphatic rings. The van der Waals surface area contributed by atoms with E-state index < -0.39 is 15.9 Å². The second kappa shape index (κ2) is 4.20. The summed E-state index contributed by atoms with van der Waals surface area (Å²) in [4.78, 5) is 11.1. The van der Waals surface area contributed by atoms with Gasteiger partial charge in [0.2, 0.25) is 15.9 Å². The van der Waals surface area contributed by atoms with Crippen LogP contribution in [0.25, 0.3) is 0 Å². The smallest absolute Gasteiger partial charge is 0.240 e. The summed E-state index contributed by atoms with van der Waals surface area (Å²) in [5.41, 5.74) is 0. The van der Waals surface area contributed by atoms with Crippen LogP contribution < -0.4 is 10.0 Å². The summed E-state index contributed by atoms with van der Waals surface area (Å²) in [5, 5.41) is 8.52. The van der Waals surface area contributed by atoms with Gasteiger partial charge in [-0.3, -0.25) is 9.89 Å². The summed E-state index contributed by atoms with van der Waals surface area (Å²) in [6, 6.07) is 1.55. The fraction of sp³-hybridized carbons (Fsp3) is 0.333. The molecule has 1 rings (SSSR count). The van der Waals surface area contributed by atoms with E-state index >= 15 is 0 Å². The molecule has 0 atom stereocenters. The van der Waals surface area contributed by atoms with Crippen LogP contribution in [0.3, 0.4) is 0 Å². The molecule has 14 heavy (non-hydrogen) atoms. The highest BCUT2D eigenvalue weighted by molar-refractivity contribution is 7.88. The normalized spacial score (nSPS) is 11.2. The van der Waals surface area contributed by atoms with Gasteiger partial charge in [-0.25, -0.2) is 13.1 Å². The van der Waals surface area contributed by atoms with Crippen molar-refractivity contribution in [2.45, 2.75) is 0 Å². The maximum absolute atomic E-state index is 11.1. The van der Waals surface area contributed by atoms with E-state index in [-0.39, 0.29) is 6.54 Å². The highest BCUT2D eigenvalue weighted by atomic mass is 32.2. The van der Waals surface area contributed by atoms with Crippen LogP contribution in [-0.4, -0.2) is 37.3 Å². The minimum atomic E-state index is -3.33. The zero-order chi connectivity index (χ0) is 10.6. The van der Waals surface area contributed by atoms with Crippen molar-refractivity contribution in [2.75, 3.05) is 18.1 Å². The van der Waals surface area contributed by atoms with Gasteiger partial charge in [-0.1, -0.05) is 0 Å². The molecule has 0 aliphatic carbocycles. The molecule has 0 radical (unpaired) electrons. The van der Waals surface area contributed by atoms with Gasteiger partial charge in [0.05, 0.1) is 19.0 Å². The maximum Gasteiger partial charge on any atom is 0.240 e. The molecular weight excluding hydrogens is 208 g/mol. The van der Waals surface area contributed by atoms with Crippen molar-refractivity contribution in [3.63, 3.8) is 0 Å². The summed E-state index contributed by atoms with van der Waals surface area (Å²) in [7, 11) is -3.33. The molecule has 0 aromatic carbocycles. The first-order valence-corrected chi connectivity index (χ1v) is 5.60. The molecule has 8 heteroatoms. The second-order valence-corrected chi connectivity index (χ2v) is 4.44. The standard InChI is InChI=1S/C6H10N4O3S/c1-14(12,13)8-4-6(11)9-5-2-3-7-10-5/h2-3,8H,4H2,1H3,(H2,7,9,10,11). The molecule has 0 bridgehead atoms. The Morgan fingerprint density at radius 1 is 1.64 bits per heavy atom. The fourth-order valence-electron chi connectivity index (χ4n) is 0.717. The molecule has 0 aliphatic heterocycles. The number of sulfonamides is 1. The van der Waals surface area contributed by atoms with E-state index in [2.05, 4.69) is 20.2 Å². The van der Waals surface area contributed by atoms with Crippen molar-refractivity contribution in [1.82, 2.24) is 14.9 Å². The molecule has 0 saturated carbocycles. The summed E-state index contributed by atoms with van der Waals surface area (Å²) in [5.74, 6) is -0.0371. The Kier molecular flexibility index (Phi) is 3.20. The zero-order valence-corrected chi connectivity index (χ0v) is 8.26. The van der Waals surface area contributed by atoms with Crippen molar-refractivity contribution in [3.05, 3.63) is 12.3 Å². The number of nitrogens with one attached hydrogen (secondary N) is 3. The summed E-state index contributed by atoms with van der Waals surface area (Å²) >= 11 is 0. The van der Waals surface area contributed by atoms with Crippen LogP contribution in [0.5, 0.6) is 0 Å². The van der Waals surface area contributed by atoms with E-state index in [1.54, 1.807) is 6.07 Å². The lowest BCUT2D eigenvalue weighted by atomic mass is 10.5. The largest absolute Gasteiger partial charge is 0.310 e. The lowest BCUT2D eigenvalue weighted by molar-refractivity contribution is -0.115. The van der Waals surface area contributed by atoms with Crippen LogP contribution in [0.1, 0.15) is 0 Å². The third-order valence-corrected chi connectivity index (χ3v) is 1.94. The van der Waals surface area contributed by atoms with Gasteiger partial charge in [-0.2, -0.15) is 5.10 Å². The summed E-state index contributed by atoms with van der Waals surface area (Å²) in [6.07, 6.45) is 2.45. The predicted octanol–water partition coefficient (Wildman–Crippen LogP) is -1.10. The second-order valence-electron chi connectivity index (χ2n) is 2.61. The molecule has 1 heterocycles. The Morgan fingerprint density at radius 3 is 2.86 bits per heavy atom. The Hall–Kier alpha value is -1.41. The van der Waals surface area contributed by atoms with Crippen LogP contribution in [-0.2, 0) is 14.8 Å². The molecule has 1 aromatic heterocycles. The number of H-pyrrole nitrogens is 1. The molecule has 0 unspecified atom stereocenters. The Bertz CT molecular complexity index is 397. The highest BCUT2D eigenvalue weighted by Crippen LogP contribution is 1.96. The Balaban J connectivity index is 2.38. The number of carbonyl (C=O) groups is 1. The molecule has 0 saturated heterocycles. The quantitative estimate of drug-likeness (QED) is 0.596. The number of aromatic nitrogens is 2. The maximum atomic E-state index is 11.1. The van der Waals surface area contributed by atoms with Crippen LogP contribution in [0.2, 0.25) is 0 Å². The number of hydrogen-bond acceptors (Lipinski definition) is 4. The number of anilines is 1. The van der Waals surface area contributed by atoms with Gasteiger partial charge in [0, 0.05) is 6.07 Å². The van der Waals surface area contributed by atoms with Crippen LogP contribution in [0.15, 0.2) is 12.3 Å². The Labute approximate surface area is 80.9 Å². The first-order chi connectivity index (χ1) is 6.47. The third kappa shape index (κ3) is 4.01. The molecule has 0 spiro atoms. The van der Waals surface area contributed by atoms with Crippen molar-refractivity contribution in [3.8, 4) is 0 Å². The minimum Gasteiger partial charge on any atom is -0.310 e. The first kappa shape index (κ1) is 10.7. The van der Waals surface area contributed by atoms with Gasteiger partial charge in [0.25, 0.3) is 0 Å². The fourth-order valence-corrected chi connectivity index (χ4v) is 1.11. The molecule has 78 valence electrons. The SMILES string of the molecule is CS(=O)(=O)NCC(=O)Nc1ccn[nH]1. The Morgan fingerprint density at radius 2 is 2.36 bits per heavy atom. The van der Waals surface area contributed by atoms with E-state index in [1.165, 1.54) is 6.20 Å². The van der Waals surface area contributed by atoms with Gasteiger partial charge in [0.1, 0.15) is 5.82 Å². The monoisotopic (exact) mass is 218 g/mol. The molecule has 3 N–H and O–H groups in total. The molecule has 0 fully saturated rings. The topological polar surface area (TPSA) is 104 Å². The number of aromatic amines is 1. The summed E-state index contributed by atoms with van der Waals surface area (Å²) < 4.78 is 23.3. The minimum absolute atomic E-state index is 0.294. The number of amides is 1. The van der Waals surface area contributed by atoms with Gasteiger partial charge in [-0.05, 0) is 0 Å². The first-order valence-electron chi connectivity index (χ1n) is 3.71. The average molecular weight is 218 g/mol. The van der Waals surface area contributed by atoms with E-state index in [0.717, 1.165) is 6.26 Å². The van der Waals surface area contributed by atoms with E-state index in [4.69, 9.17) is 0 Å².